The Kier molecular flexibility index (Phi) is 6.22. The van der Waals surface area contributed by atoms with Crippen molar-refractivity contribution in [3.63, 3.8) is 0 Å². The van der Waals surface area contributed by atoms with Crippen LogP contribution in [-0.2, 0) is 19.6 Å². The van der Waals surface area contributed by atoms with E-state index in [4.69, 9.17) is 0 Å². The van der Waals surface area contributed by atoms with Crippen LogP contribution in [0.15, 0.2) is 97.2 Å². The van der Waals surface area contributed by atoms with Gasteiger partial charge in [-0.1, -0.05) is 42.5 Å². The Bertz CT molecular complexity index is 1140. The number of halogens is 2. The van der Waals surface area contributed by atoms with Crippen LogP contribution < -0.4 is 0 Å². The molecule has 0 spiro atoms. The monoisotopic (exact) mass is 416 g/mol. The van der Waals surface area contributed by atoms with Gasteiger partial charge in [0.1, 0.15) is 11.6 Å². The highest BCUT2D eigenvalue weighted by atomic mass is 19.1. The van der Waals surface area contributed by atoms with Crippen molar-refractivity contribution < 1.29 is 13.6 Å². The van der Waals surface area contributed by atoms with E-state index in [-0.39, 0.29) is 17.5 Å². The lowest BCUT2D eigenvalue weighted by molar-refractivity contribution is 0.0726. The first-order valence-electron chi connectivity index (χ1n) is 10.1. The number of rotatable bonds is 7. The van der Waals surface area contributed by atoms with Crippen molar-refractivity contribution >= 4 is 5.91 Å². The second-order valence-electron chi connectivity index (χ2n) is 7.41. The van der Waals surface area contributed by atoms with Crippen molar-refractivity contribution in [1.82, 2.24) is 9.47 Å². The summed E-state index contributed by atoms with van der Waals surface area (Å²) in [5.41, 5.74) is 3.37. The van der Waals surface area contributed by atoms with E-state index in [1.54, 1.807) is 17.0 Å². The van der Waals surface area contributed by atoms with E-state index in [0.717, 1.165) is 16.8 Å². The minimum absolute atomic E-state index is 0.168. The molecule has 0 N–H and O–H groups in total. The van der Waals surface area contributed by atoms with Crippen molar-refractivity contribution in [2.24, 2.45) is 0 Å². The molecule has 1 aromatic heterocycles. The maximum Gasteiger partial charge on any atom is 0.254 e. The molecule has 0 unspecified atom stereocenters. The van der Waals surface area contributed by atoms with Gasteiger partial charge in [-0.25, -0.2) is 8.78 Å². The van der Waals surface area contributed by atoms with E-state index in [9.17, 15) is 13.6 Å². The van der Waals surface area contributed by atoms with Gasteiger partial charge < -0.3 is 9.47 Å². The largest absolute Gasteiger partial charge is 0.345 e. The van der Waals surface area contributed by atoms with Gasteiger partial charge in [0.15, 0.2) is 0 Å². The van der Waals surface area contributed by atoms with E-state index in [1.165, 1.54) is 36.4 Å². The predicted octanol–water partition coefficient (Wildman–Crippen LogP) is 5.66. The summed E-state index contributed by atoms with van der Waals surface area (Å²) in [5, 5.41) is 0. The molecule has 0 radical (unpaired) electrons. The first kappa shape index (κ1) is 20.5. The fraction of sp³-hybridized carbons (Fsp3) is 0.115. The predicted molar refractivity (Wildman–Crippen MR) is 116 cm³/mol. The molecule has 0 aliphatic carbocycles. The van der Waals surface area contributed by atoms with Crippen LogP contribution in [0.4, 0.5) is 8.78 Å². The maximum absolute atomic E-state index is 13.3. The van der Waals surface area contributed by atoms with Gasteiger partial charge in [0.05, 0.1) is 6.54 Å². The van der Waals surface area contributed by atoms with Crippen molar-refractivity contribution in [3.8, 4) is 0 Å². The highest BCUT2D eigenvalue weighted by Crippen LogP contribution is 2.17. The molecule has 0 aliphatic rings. The van der Waals surface area contributed by atoms with E-state index in [2.05, 4.69) is 0 Å². The van der Waals surface area contributed by atoms with Crippen LogP contribution in [0.5, 0.6) is 0 Å². The maximum atomic E-state index is 13.3. The summed E-state index contributed by atoms with van der Waals surface area (Å²) in [5.74, 6) is -0.812. The van der Waals surface area contributed by atoms with Crippen LogP contribution in [0.3, 0.4) is 0 Å². The van der Waals surface area contributed by atoms with Crippen LogP contribution in [0, 0.1) is 11.6 Å². The van der Waals surface area contributed by atoms with Crippen molar-refractivity contribution in [1.29, 1.82) is 0 Å². The zero-order chi connectivity index (χ0) is 21.6. The van der Waals surface area contributed by atoms with Crippen molar-refractivity contribution in [2.45, 2.75) is 19.6 Å². The Morgan fingerprint density at radius 3 is 2.03 bits per heavy atom. The number of aromatic nitrogens is 1. The third-order valence-electron chi connectivity index (χ3n) is 5.14. The summed E-state index contributed by atoms with van der Waals surface area (Å²) >= 11 is 0. The number of carbonyl (C=O) groups is 1. The molecular weight excluding hydrogens is 394 g/mol. The van der Waals surface area contributed by atoms with Crippen molar-refractivity contribution in [2.75, 3.05) is 0 Å². The minimum atomic E-state index is -0.376. The molecule has 0 saturated carbocycles. The minimum Gasteiger partial charge on any atom is -0.345 e. The Labute approximate surface area is 180 Å². The van der Waals surface area contributed by atoms with Crippen LogP contribution in [0.1, 0.15) is 27.2 Å². The molecule has 0 saturated heterocycles. The van der Waals surface area contributed by atoms with Crippen LogP contribution >= 0.6 is 0 Å². The molecule has 4 aromatic rings. The first-order chi connectivity index (χ1) is 15.1. The van der Waals surface area contributed by atoms with Gasteiger partial charge >= 0.3 is 0 Å². The highest BCUT2D eigenvalue weighted by molar-refractivity contribution is 5.94. The zero-order valence-corrected chi connectivity index (χ0v) is 16.9. The number of hydrogen-bond acceptors (Lipinski definition) is 1. The molecule has 3 aromatic carbocycles. The summed E-state index contributed by atoms with van der Waals surface area (Å²) < 4.78 is 28.6. The molecule has 5 heteroatoms. The summed E-state index contributed by atoms with van der Waals surface area (Å²) in [7, 11) is 0. The average molecular weight is 416 g/mol. The first-order valence-corrected chi connectivity index (χ1v) is 10.1. The molecule has 0 fully saturated rings. The SMILES string of the molecule is O=C(c1ccc(F)cc1)N(Cc1ccccc1)Cc1cccn1Cc1ccc(F)cc1. The quantitative estimate of drug-likeness (QED) is 0.382. The molecular formula is C26H22F2N2O. The average Bonchev–Trinajstić information content (AvgIpc) is 3.22. The lowest BCUT2D eigenvalue weighted by Crippen LogP contribution is -2.31. The summed E-state index contributed by atoms with van der Waals surface area (Å²) in [6, 6.07) is 25.7. The molecule has 1 amide bonds. The number of nitrogens with zero attached hydrogens (tertiary/aromatic N) is 2. The van der Waals surface area contributed by atoms with Crippen molar-refractivity contribution in [3.05, 3.63) is 131 Å². The Hall–Kier alpha value is -3.73. The number of amides is 1. The second-order valence-corrected chi connectivity index (χ2v) is 7.41. The lowest BCUT2D eigenvalue weighted by Gasteiger charge is -2.24. The summed E-state index contributed by atoms with van der Waals surface area (Å²) in [6.07, 6.45) is 1.95. The number of benzene rings is 3. The van der Waals surface area contributed by atoms with Gasteiger partial charge in [0.2, 0.25) is 0 Å². The van der Waals surface area contributed by atoms with E-state index in [0.29, 0.717) is 25.2 Å². The third kappa shape index (κ3) is 5.25. The summed E-state index contributed by atoms with van der Waals surface area (Å²) in [6.45, 7) is 1.39. The van der Waals surface area contributed by atoms with Gasteiger partial charge in [0.25, 0.3) is 5.91 Å². The smallest absolute Gasteiger partial charge is 0.254 e. The molecule has 3 nitrogen and oxygen atoms in total. The molecule has 0 aliphatic heterocycles. The molecule has 1 heterocycles. The van der Waals surface area contributed by atoms with Crippen LogP contribution in [0.25, 0.3) is 0 Å². The van der Waals surface area contributed by atoms with E-state index < -0.39 is 0 Å². The zero-order valence-electron chi connectivity index (χ0n) is 16.9. The molecule has 0 bridgehead atoms. The normalized spacial score (nSPS) is 10.8. The van der Waals surface area contributed by atoms with E-state index >= 15 is 0 Å². The molecule has 0 atom stereocenters. The topological polar surface area (TPSA) is 25.2 Å². The molecule has 156 valence electrons. The Balaban J connectivity index is 1.59. The highest BCUT2D eigenvalue weighted by Gasteiger charge is 2.18. The Morgan fingerprint density at radius 1 is 0.710 bits per heavy atom. The third-order valence-corrected chi connectivity index (χ3v) is 5.14. The fourth-order valence-corrected chi connectivity index (χ4v) is 3.51. The molecule has 31 heavy (non-hydrogen) atoms. The van der Waals surface area contributed by atoms with Gasteiger partial charge in [-0.05, 0) is 59.7 Å². The van der Waals surface area contributed by atoms with Gasteiger partial charge in [0, 0.05) is 30.5 Å². The van der Waals surface area contributed by atoms with Crippen LogP contribution in [0.2, 0.25) is 0 Å². The van der Waals surface area contributed by atoms with Gasteiger partial charge in [-0.2, -0.15) is 0 Å². The van der Waals surface area contributed by atoms with Gasteiger partial charge in [-0.3, -0.25) is 4.79 Å². The van der Waals surface area contributed by atoms with Crippen LogP contribution in [-0.4, -0.2) is 15.4 Å². The number of hydrogen-bond donors (Lipinski definition) is 0. The molecule has 4 rings (SSSR count). The second kappa shape index (κ2) is 9.39. The summed E-state index contributed by atoms with van der Waals surface area (Å²) in [4.78, 5) is 15.0. The Morgan fingerprint density at radius 2 is 1.35 bits per heavy atom. The van der Waals surface area contributed by atoms with Gasteiger partial charge in [-0.15, -0.1) is 0 Å². The van der Waals surface area contributed by atoms with E-state index in [1.807, 2.05) is 53.2 Å². The lowest BCUT2D eigenvalue weighted by atomic mass is 10.1. The fourth-order valence-electron chi connectivity index (χ4n) is 3.51. The standard InChI is InChI=1S/C26H22F2N2O/c27-23-12-8-21(9-13-23)17-29-16-4-7-25(29)19-30(18-20-5-2-1-3-6-20)26(31)22-10-14-24(28)15-11-22/h1-16H,17-19H2. The number of carbonyl (C=O) groups excluding carboxylic acids is 1.